The number of amides is 2. The molecule has 4 aliphatic rings. The fourth-order valence-corrected chi connectivity index (χ4v) is 11.3. The fourth-order valence-electron chi connectivity index (χ4n) is 11.3. The summed E-state index contributed by atoms with van der Waals surface area (Å²) in [6, 6.07) is 38.0. The largest absolute Gasteiger partial charge is 0.486 e. The van der Waals surface area contributed by atoms with Crippen LogP contribution in [0.4, 0.5) is 23.0 Å². The van der Waals surface area contributed by atoms with Gasteiger partial charge < -0.3 is 28.7 Å². The predicted octanol–water partition coefficient (Wildman–Crippen LogP) is 9.19. The molecule has 16 nitrogen and oxygen atoms in total. The Bertz CT molecular complexity index is 2890. The summed E-state index contributed by atoms with van der Waals surface area (Å²) in [6.07, 6.45) is 7.54. The highest BCUT2D eigenvalue weighted by Crippen LogP contribution is 2.52. The van der Waals surface area contributed by atoms with Crippen LogP contribution in [0.25, 0.3) is 0 Å². The molecule has 2 aromatic heterocycles. The van der Waals surface area contributed by atoms with Gasteiger partial charge in [-0.05, 0) is 105 Å². The number of fused-ring (bicyclic) bond motifs is 2. The van der Waals surface area contributed by atoms with Gasteiger partial charge in [0.15, 0.2) is 23.0 Å². The van der Waals surface area contributed by atoms with E-state index in [9.17, 15) is 20.1 Å². The number of nitriles is 2. The summed E-state index contributed by atoms with van der Waals surface area (Å²) in [6.45, 7) is 15.5. The maximum Gasteiger partial charge on any atom is 0.259 e. The van der Waals surface area contributed by atoms with Crippen LogP contribution in [0, 0.1) is 22.7 Å². The van der Waals surface area contributed by atoms with Crippen molar-refractivity contribution in [1.82, 2.24) is 19.8 Å². The van der Waals surface area contributed by atoms with E-state index in [1.165, 1.54) is 0 Å². The molecule has 78 heavy (non-hydrogen) atoms. The Kier molecular flexibility index (Phi) is 17.0. The van der Waals surface area contributed by atoms with E-state index >= 15 is 0 Å². The van der Waals surface area contributed by atoms with Gasteiger partial charge in [-0.3, -0.25) is 29.2 Å². The zero-order chi connectivity index (χ0) is 54.0. The molecule has 0 bridgehead atoms. The first-order valence-corrected chi connectivity index (χ1v) is 27.5. The molecule has 0 aliphatic carbocycles. The highest BCUT2D eigenvalue weighted by atomic mass is 16.6. The lowest BCUT2D eigenvalue weighted by molar-refractivity contribution is 0.0966. The average molecular weight is 1050 g/mol. The number of piperazine rings is 2. The van der Waals surface area contributed by atoms with Crippen LogP contribution in [0.3, 0.4) is 0 Å². The highest BCUT2D eigenvalue weighted by Gasteiger charge is 2.35. The standard InChI is InChI=1S/C62H68N10O6/c1-4-5-6-11-50(51-22-24-53(59-57(51)75-36-38-77-59)69-32-28-67(29-33-69)44(2)42-71(55-12-7-9-26-65-55)61(73)48-18-14-46(40-63)15-19-48)52-23-25-54(60-58(52)76-37-39-78-60)70-34-30-68(31-35-70)45(3)43-72(56-13-8-10-27-66-56)62(74)49-20-16-47(41-64)17-21-49/h7-10,12-27,44-45,50H,4-6,11,28-39,42-43H2,1-3H3/t44-,45+,50?. The number of carbonyl (C=O) groups excluding carboxylic acids is 2. The molecule has 2 amide bonds. The number of pyridine rings is 2. The van der Waals surface area contributed by atoms with Crippen molar-refractivity contribution in [1.29, 1.82) is 10.5 Å². The summed E-state index contributed by atoms with van der Waals surface area (Å²) in [5.74, 6) is 3.98. The molecular formula is C62H68N10O6. The quantitative estimate of drug-likeness (QED) is 0.0749. The second-order valence-corrected chi connectivity index (χ2v) is 20.4. The first-order valence-electron chi connectivity index (χ1n) is 27.5. The molecule has 0 radical (unpaired) electrons. The first-order chi connectivity index (χ1) is 38.2. The van der Waals surface area contributed by atoms with Crippen LogP contribution in [0.1, 0.15) is 95.3 Å². The number of ether oxygens (including phenoxy) is 4. The Morgan fingerprint density at radius 1 is 0.538 bits per heavy atom. The van der Waals surface area contributed by atoms with Crippen molar-refractivity contribution in [2.75, 3.05) is 111 Å². The smallest absolute Gasteiger partial charge is 0.259 e. The third kappa shape index (κ3) is 11.7. The summed E-state index contributed by atoms with van der Waals surface area (Å²) < 4.78 is 26.5. The minimum atomic E-state index is -0.156. The molecule has 4 aromatic carbocycles. The monoisotopic (exact) mass is 1050 g/mol. The number of anilines is 4. The van der Waals surface area contributed by atoms with E-state index in [1.54, 1.807) is 70.7 Å². The van der Waals surface area contributed by atoms with E-state index in [4.69, 9.17) is 18.9 Å². The molecule has 1 unspecified atom stereocenters. The summed E-state index contributed by atoms with van der Waals surface area (Å²) >= 11 is 0. The second kappa shape index (κ2) is 24.9. The Labute approximate surface area is 457 Å². The van der Waals surface area contributed by atoms with Crippen molar-refractivity contribution in [2.45, 2.75) is 64.5 Å². The molecule has 16 heteroatoms. The molecule has 402 valence electrons. The maximum atomic E-state index is 14.0. The van der Waals surface area contributed by atoms with Crippen molar-refractivity contribution < 1.29 is 28.5 Å². The summed E-state index contributed by atoms with van der Waals surface area (Å²) in [5.41, 5.74) is 6.24. The second-order valence-electron chi connectivity index (χ2n) is 20.4. The molecule has 0 spiro atoms. The zero-order valence-electron chi connectivity index (χ0n) is 44.9. The fraction of sp³-hybridized carbons (Fsp3) is 0.387. The Balaban J connectivity index is 0.842. The SMILES string of the molecule is CCCCCC(c1ccc(N2CCN([C@H](C)CN(C(=O)c3ccc(C#N)cc3)c3ccccn3)CC2)c2c1OCCO2)c1ccc(N2CCN([C@@H](C)CN(C(=O)c3ccc(C#N)cc3)c3ccccn3)CC2)c2c1OCCO2. The van der Waals surface area contributed by atoms with E-state index in [1.807, 2.05) is 36.4 Å². The van der Waals surface area contributed by atoms with E-state index < -0.39 is 0 Å². The molecular weight excluding hydrogens is 981 g/mol. The first kappa shape index (κ1) is 53.2. The predicted molar refractivity (Wildman–Crippen MR) is 301 cm³/mol. The van der Waals surface area contributed by atoms with Crippen LogP contribution >= 0.6 is 0 Å². The number of aromatic nitrogens is 2. The highest BCUT2D eigenvalue weighted by molar-refractivity contribution is 6.06. The maximum absolute atomic E-state index is 14.0. The van der Waals surface area contributed by atoms with E-state index in [0.717, 1.165) is 124 Å². The number of carbonyl (C=O) groups is 2. The number of unbranched alkanes of at least 4 members (excludes halogenated alkanes) is 2. The average Bonchev–Trinajstić information content (AvgIpc) is 3.51. The van der Waals surface area contributed by atoms with Crippen molar-refractivity contribution in [2.24, 2.45) is 0 Å². The molecule has 6 heterocycles. The van der Waals surface area contributed by atoms with E-state index in [-0.39, 0.29) is 29.8 Å². The lowest BCUT2D eigenvalue weighted by Gasteiger charge is -2.41. The van der Waals surface area contributed by atoms with Crippen molar-refractivity contribution in [3.8, 4) is 35.1 Å². The number of hydrogen-bond acceptors (Lipinski definition) is 14. The molecule has 10 rings (SSSR count). The van der Waals surface area contributed by atoms with Crippen LogP contribution in [-0.4, -0.2) is 136 Å². The molecule has 4 aliphatic heterocycles. The molecule has 2 saturated heterocycles. The van der Waals surface area contributed by atoms with Gasteiger partial charge in [-0.2, -0.15) is 10.5 Å². The summed E-state index contributed by atoms with van der Waals surface area (Å²) in [7, 11) is 0. The summed E-state index contributed by atoms with van der Waals surface area (Å²) in [5, 5.41) is 18.7. The Morgan fingerprint density at radius 2 is 0.949 bits per heavy atom. The van der Waals surface area contributed by atoms with Crippen molar-refractivity contribution >= 4 is 34.8 Å². The molecule has 2 fully saturated rings. The van der Waals surface area contributed by atoms with Gasteiger partial charge in [0, 0.05) is 118 Å². The molecule has 0 saturated carbocycles. The number of nitrogens with zero attached hydrogens (tertiary/aromatic N) is 10. The number of rotatable bonds is 18. The molecule has 3 atom stereocenters. The van der Waals surface area contributed by atoms with Gasteiger partial charge in [0.2, 0.25) is 0 Å². The number of hydrogen-bond donors (Lipinski definition) is 0. The van der Waals surface area contributed by atoms with Gasteiger partial charge in [-0.15, -0.1) is 0 Å². The van der Waals surface area contributed by atoms with Gasteiger partial charge in [0.1, 0.15) is 38.1 Å². The molecule has 0 N–H and O–H groups in total. The van der Waals surface area contributed by atoms with E-state index in [0.29, 0.717) is 73.4 Å². The van der Waals surface area contributed by atoms with Gasteiger partial charge in [0.25, 0.3) is 11.8 Å². The van der Waals surface area contributed by atoms with Crippen LogP contribution in [0.5, 0.6) is 23.0 Å². The van der Waals surface area contributed by atoms with E-state index in [2.05, 4.69) is 86.7 Å². The minimum Gasteiger partial charge on any atom is -0.486 e. The van der Waals surface area contributed by atoms with Gasteiger partial charge in [-0.1, -0.05) is 50.5 Å². The van der Waals surface area contributed by atoms with Crippen LogP contribution in [0.15, 0.2) is 122 Å². The third-order valence-corrected chi connectivity index (χ3v) is 15.6. The van der Waals surface area contributed by atoms with Crippen LogP contribution in [0.2, 0.25) is 0 Å². The molecule has 6 aromatic rings. The van der Waals surface area contributed by atoms with Crippen molar-refractivity contribution in [3.63, 3.8) is 0 Å². The van der Waals surface area contributed by atoms with Gasteiger partial charge >= 0.3 is 0 Å². The van der Waals surface area contributed by atoms with Gasteiger partial charge in [0.05, 0.1) is 34.6 Å². The normalized spacial score (nSPS) is 16.5. The Hall–Kier alpha value is -8.18. The number of benzene rings is 4. The Morgan fingerprint density at radius 3 is 1.32 bits per heavy atom. The lowest BCUT2D eigenvalue weighted by Crippen LogP contribution is -2.53. The van der Waals surface area contributed by atoms with Crippen LogP contribution < -0.4 is 38.5 Å². The zero-order valence-corrected chi connectivity index (χ0v) is 44.9. The lowest BCUT2D eigenvalue weighted by atomic mass is 9.84. The minimum absolute atomic E-state index is 0.0356. The third-order valence-electron chi connectivity index (χ3n) is 15.6. The topological polar surface area (TPSA) is 164 Å². The van der Waals surface area contributed by atoms with Crippen molar-refractivity contribution in [3.05, 3.63) is 155 Å². The summed E-state index contributed by atoms with van der Waals surface area (Å²) in [4.78, 5) is 50.2. The van der Waals surface area contributed by atoms with Crippen LogP contribution in [-0.2, 0) is 0 Å². The van der Waals surface area contributed by atoms with Gasteiger partial charge in [-0.25, -0.2) is 9.97 Å².